The van der Waals surface area contributed by atoms with Gasteiger partial charge in [-0.25, -0.2) is 4.79 Å². The highest BCUT2D eigenvalue weighted by Gasteiger charge is 2.26. The van der Waals surface area contributed by atoms with E-state index in [0.717, 1.165) is 27.8 Å². The number of esters is 1. The number of hydrogen-bond donors (Lipinski definition) is 0. The van der Waals surface area contributed by atoms with Crippen LogP contribution in [-0.4, -0.2) is 30.5 Å². The number of methoxy groups -OCH3 is 2. The van der Waals surface area contributed by atoms with Gasteiger partial charge in [-0.1, -0.05) is 84.9 Å². The van der Waals surface area contributed by atoms with E-state index in [4.69, 9.17) is 18.9 Å². The minimum Gasteiger partial charge on any atom is -0.497 e. The lowest BCUT2D eigenvalue weighted by atomic mass is 9.96. The van der Waals surface area contributed by atoms with E-state index in [1.807, 2.05) is 115 Å². The number of ketones is 1. The summed E-state index contributed by atoms with van der Waals surface area (Å²) in [5.41, 5.74) is 5.95. The molecule has 6 aromatic rings. The second-order valence-corrected chi connectivity index (χ2v) is 11.1. The Labute approximate surface area is 279 Å². The molecule has 48 heavy (non-hydrogen) atoms. The Bertz CT molecular complexity index is 1960. The Morgan fingerprint density at radius 2 is 1.08 bits per heavy atom. The molecule has 0 aliphatic carbocycles. The van der Waals surface area contributed by atoms with E-state index in [0.29, 0.717) is 41.6 Å². The molecular weight excluding hydrogens is 602 g/mol. The molecule has 0 unspecified atom stereocenters. The van der Waals surface area contributed by atoms with Gasteiger partial charge in [-0.15, -0.1) is 0 Å². The van der Waals surface area contributed by atoms with Crippen molar-refractivity contribution in [3.63, 3.8) is 0 Å². The van der Waals surface area contributed by atoms with E-state index in [9.17, 15) is 9.59 Å². The van der Waals surface area contributed by atoms with Gasteiger partial charge in [-0.05, 0) is 70.8 Å². The van der Waals surface area contributed by atoms with Crippen molar-refractivity contribution in [2.45, 2.75) is 19.8 Å². The van der Waals surface area contributed by atoms with Gasteiger partial charge in [-0.3, -0.25) is 4.79 Å². The zero-order chi connectivity index (χ0) is 33.3. The molecule has 240 valence electrons. The van der Waals surface area contributed by atoms with Gasteiger partial charge in [0.25, 0.3) is 0 Å². The number of benzene rings is 5. The first-order valence-electron chi connectivity index (χ1n) is 15.6. The number of aromatic nitrogens is 1. The number of Topliss-reactive ketones (excluding diaryl/α,β-unsaturated/α-hetero) is 1. The van der Waals surface area contributed by atoms with Crippen LogP contribution in [0.15, 0.2) is 140 Å². The van der Waals surface area contributed by atoms with Crippen LogP contribution in [0.25, 0.3) is 22.3 Å². The summed E-state index contributed by atoms with van der Waals surface area (Å²) in [5.74, 6) is 1.35. The molecular formula is C41H35NO6. The maximum absolute atomic E-state index is 13.5. The number of nitrogens with zero attached hydrogens (tertiary/aromatic N) is 1. The largest absolute Gasteiger partial charge is 0.497 e. The maximum atomic E-state index is 13.5. The molecule has 0 radical (unpaired) electrons. The van der Waals surface area contributed by atoms with Crippen LogP contribution in [0.1, 0.15) is 32.0 Å². The van der Waals surface area contributed by atoms with Crippen LogP contribution in [0.5, 0.6) is 17.2 Å². The van der Waals surface area contributed by atoms with Crippen molar-refractivity contribution in [1.29, 1.82) is 0 Å². The number of carbonyl (C=O) groups is 2. The molecule has 0 fully saturated rings. The predicted octanol–water partition coefficient (Wildman–Crippen LogP) is 8.66. The zero-order valence-corrected chi connectivity index (χ0v) is 26.8. The molecule has 7 nitrogen and oxygen atoms in total. The molecule has 0 aliphatic heterocycles. The molecule has 6 rings (SSSR count). The molecule has 0 aliphatic rings. The minimum absolute atomic E-state index is 0.0691. The Morgan fingerprint density at radius 3 is 1.58 bits per heavy atom. The van der Waals surface area contributed by atoms with Crippen LogP contribution >= 0.6 is 0 Å². The Hall–Kier alpha value is -6.08. The fourth-order valence-electron chi connectivity index (χ4n) is 5.46. The fraction of sp³-hybridized carbons (Fsp3) is 0.122. The summed E-state index contributed by atoms with van der Waals surface area (Å²) in [6, 6.07) is 42.1. The number of rotatable bonds is 13. The molecule has 1 aromatic heterocycles. The highest BCUT2D eigenvalue weighted by molar-refractivity contribution is 6.03. The average Bonchev–Trinajstić information content (AvgIpc) is 3.52. The van der Waals surface area contributed by atoms with Crippen molar-refractivity contribution in [3.8, 4) is 39.5 Å². The maximum Gasteiger partial charge on any atom is 0.355 e. The van der Waals surface area contributed by atoms with Crippen LogP contribution in [0.4, 0.5) is 0 Å². The van der Waals surface area contributed by atoms with Gasteiger partial charge in [0.15, 0.2) is 5.78 Å². The second-order valence-electron chi connectivity index (χ2n) is 11.1. The van der Waals surface area contributed by atoms with E-state index in [-0.39, 0.29) is 18.0 Å². The second kappa shape index (κ2) is 15.0. The van der Waals surface area contributed by atoms with Crippen molar-refractivity contribution < 1.29 is 28.5 Å². The normalized spacial score (nSPS) is 10.7. The van der Waals surface area contributed by atoms with E-state index >= 15 is 0 Å². The average molecular weight is 638 g/mol. The summed E-state index contributed by atoms with van der Waals surface area (Å²) < 4.78 is 24.2. The van der Waals surface area contributed by atoms with Gasteiger partial charge in [-0.2, -0.15) is 0 Å². The van der Waals surface area contributed by atoms with Crippen LogP contribution in [-0.2, 0) is 24.5 Å². The lowest BCUT2D eigenvalue weighted by Gasteiger charge is -2.12. The summed E-state index contributed by atoms with van der Waals surface area (Å²) in [5, 5.41) is 0. The first-order valence-corrected chi connectivity index (χ1v) is 15.6. The van der Waals surface area contributed by atoms with Gasteiger partial charge in [0.2, 0.25) is 0 Å². The van der Waals surface area contributed by atoms with E-state index in [1.54, 1.807) is 35.9 Å². The monoisotopic (exact) mass is 637 g/mol. The van der Waals surface area contributed by atoms with Crippen LogP contribution in [0.2, 0.25) is 0 Å². The van der Waals surface area contributed by atoms with E-state index in [1.165, 1.54) is 7.11 Å². The van der Waals surface area contributed by atoms with Crippen LogP contribution in [0, 0.1) is 0 Å². The molecule has 7 heteroatoms. The lowest BCUT2D eigenvalue weighted by molar-refractivity contribution is 0.0589. The molecule has 0 spiro atoms. The fourth-order valence-corrected chi connectivity index (χ4v) is 5.46. The Morgan fingerprint density at radius 1 is 0.583 bits per heavy atom. The van der Waals surface area contributed by atoms with Gasteiger partial charge in [0.05, 0.1) is 20.8 Å². The van der Waals surface area contributed by atoms with E-state index in [2.05, 4.69) is 0 Å². The number of ether oxygens (including phenoxy) is 4. The topological polar surface area (TPSA) is 76.0 Å². The molecule has 0 amide bonds. The molecule has 1 heterocycles. The van der Waals surface area contributed by atoms with Crippen LogP contribution < -0.4 is 14.2 Å². The quantitative estimate of drug-likeness (QED) is 0.0932. The summed E-state index contributed by atoms with van der Waals surface area (Å²) in [4.78, 5) is 27.0. The predicted molar refractivity (Wildman–Crippen MR) is 186 cm³/mol. The highest BCUT2D eigenvalue weighted by Crippen LogP contribution is 2.39. The van der Waals surface area contributed by atoms with Gasteiger partial charge >= 0.3 is 5.97 Å². The van der Waals surface area contributed by atoms with Crippen molar-refractivity contribution in [3.05, 3.63) is 162 Å². The zero-order valence-electron chi connectivity index (χ0n) is 26.8. The summed E-state index contributed by atoms with van der Waals surface area (Å²) >= 11 is 0. The standard InChI is InChI=1S/C41H35NO6/c1-45-34-19-15-32(16-20-34)38(43)26-42-25-37(31-13-21-35(22-14-31)47-27-29-9-5-3-6-10-29)39(40(42)41(44)46-2)33-17-23-36(24-18-33)48-28-30-11-7-4-8-12-30/h3-25H,26-28H2,1-2H3. The molecule has 0 N–H and O–H groups in total. The Kier molecular flexibility index (Phi) is 9.97. The van der Waals surface area contributed by atoms with Crippen LogP contribution in [0.3, 0.4) is 0 Å². The Balaban J connectivity index is 1.35. The third-order valence-corrected chi connectivity index (χ3v) is 7.99. The highest BCUT2D eigenvalue weighted by atomic mass is 16.5. The molecule has 0 bridgehead atoms. The van der Waals surface area contributed by atoms with Gasteiger partial charge in [0, 0.05) is 22.9 Å². The first kappa shape index (κ1) is 31.9. The summed E-state index contributed by atoms with van der Waals surface area (Å²) in [6.45, 7) is 0.808. The van der Waals surface area contributed by atoms with Crippen molar-refractivity contribution in [2.24, 2.45) is 0 Å². The smallest absolute Gasteiger partial charge is 0.355 e. The number of hydrogen-bond acceptors (Lipinski definition) is 6. The van der Waals surface area contributed by atoms with E-state index < -0.39 is 5.97 Å². The summed E-state index contributed by atoms with van der Waals surface area (Å²) in [6.07, 6.45) is 1.84. The molecule has 0 saturated heterocycles. The van der Waals surface area contributed by atoms with Crippen molar-refractivity contribution in [2.75, 3.05) is 14.2 Å². The molecule has 0 atom stereocenters. The first-order chi connectivity index (χ1) is 23.5. The minimum atomic E-state index is -0.550. The number of carbonyl (C=O) groups excluding carboxylic acids is 2. The summed E-state index contributed by atoms with van der Waals surface area (Å²) in [7, 11) is 2.92. The molecule has 5 aromatic carbocycles. The van der Waals surface area contributed by atoms with Gasteiger partial charge < -0.3 is 23.5 Å². The SMILES string of the molecule is COC(=O)c1c(-c2ccc(OCc3ccccc3)cc2)c(-c2ccc(OCc3ccccc3)cc2)cn1CC(=O)c1ccc(OC)cc1. The van der Waals surface area contributed by atoms with Gasteiger partial charge in [0.1, 0.15) is 36.2 Å². The van der Waals surface area contributed by atoms with Crippen molar-refractivity contribution in [1.82, 2.24) is 4.57 Å². The van der Waals surface area contributed by atoms with Crippen molar-refractivity contribution >= 4 is 11.8 Å². The molecule has 0 saturated carbocycles. The third-order valence-electron chi connectivity index (χ3n) is 7.99. The lowest BCUT2D eigenvalue weighted by Crippen LogP contribution is -2.16. The third kappa shape index (κ3) is 7.48.